The first-order chi connectivity index (χ1) is 10.7. The summed E-state index contributed by atoms with van der Waals surface area (Å²) in [5.41, 5.74) is 6.14. The van der Waals surface area contributed by atoms with Gasteiger partial charge in [0.25, 0.3) is 0 Å². The molecular weight excluding hydrogens is 304 g/mol. The van der Waals surface area contributed by atoms with Crippen molar-refractivity contribution in [1.82, 2.24) is 0 Å². The lowest BCUT2D eigenvalue weighted by atomic mass is 9.91. The number of phenolic OH excluding ortho intramolecular Hbond substituents is 1. The monoisotopic (exact) mass is 321 g/mol. The standard InChI is InChI=1S/C17H17F2NO3/c1-8-4-3-5-12(21)14(8)10-6-9(2)16(18)15(17(10)19)11(20)7-13(22)23/h3-6,11,21H,7,20H2,1-2H3,(H,22,23)/t11-/m0/s1. The van der Waals surface area contributed by atoms with E-state index >= 15 is 0 Å². The maximum absolute atomic E-state index is 14.8. The first-order valence-electron chi connectivity index (χ1n) is 6.98. The Labute approximate surface area is 132 Å². The van der Waals surface area contributed by atoms with Gasteiger partial charge in [0.05, 0.1) is 6.42 Å². The summed E-state index contributed by atoms with van der Waals surface area (Å²) >= 11 is 0. The fourth-order valence-corrected chi connectivity index (χ4v) is 2.60. The Hall–Kier alpha value is -2.47. The molecule has 0 bridgehead atoms. The van der Waals surface area contributed by atoms with Crippen molar-refractivity contribution in [2.75, 3.05) is 0 Å². The summed E-state index contributed by atoms with van der Waals surface area (Å²) < 4.78 is 29.1. The highest BCUT2D eigenvalue weighted by molar-refractivity contribution is 5.76. The smallest absolute Gasteiger partial charge is 0.305 e. The van der Waals surface area contributed by atoms with Crippen molar-refractivity contribution in [3.8, 4) is 16.9 Å². The second-order valence-corrected chi connectivity index (χ2v) is 5.46. The van der Waals surface area contributed by atoms with Gasteiger partial charge < -0.3 is 15.9 Å². The van der Waals surface area contributed by atoms with Gasteiger partial charge in [-0.2, -0.15) is 0 Å². The lowest BCUT2D eigenvalue weighted by Crippen LogP contribution is -2.19. The fraction of sp³-hybridized carbons (Fsp3) is 0.235. The Balaban J connectivity index is 2.73. The van der Waals surface area contributed by atoms with Gasteiger partial charge in [-0.25, -0.2) is 8.78 Å². The first-order valence-corrected chi connectivity index (χ1v) is 6.98. The van der Waals surface area contributed by atoms with Crippen LogP contribution in [0.3, 0.4) is 0 Å². The zero-order chi connectivity index (χ0) is 17.3. The Morgan fingerprint density at radius 2 is 1.87 bits per heavy atom. The van der Waals surface area contributed by atoms with Crippen molar-refractivity contribution in [3.05, 3.63) is 52.6 Å². The predicted molar refractivity (Wildman–Crippen MR) is 82.1 cm³/mol. The van der Waals surface area contributed by atoms with Gasteiger partial charge in [-0.05, 0) is 37.1 Å². The molecule has 4 N–H and O–H groups in total. The molecule has 1 atom stereocenters. The number of halogens is 2. The number of rotatable bonds is 4. The Kier molecular flexibility index (Phi) is 4.65. The number of nitrogens with two attached hydrogens (primary N) is 1. The van der Waals surface area contributed by atoms with Crippen LogP contribution >= 0.6 is 0 Å². The molecule has 0 aliphatic heterocycles. The van der Waals surface area contributed by atoms with Crippen LogP contribution in [0.15, 0.2) is 24.3 Å². The van der Waals surface area contributed by atoms with Gasteiger partial charge in [0.15, 0.2) is 0 Å². The van der Waals surface area contributed by atoms with Crippen LogP contribution in [0, 0.1) is 25.5 Å². The quantitative estimate of drug-likeness (QED) is 0.805. The van der Waals surface area contributed by atoms with E-state index in [9.17, 15) is 18.7 Å². The molecule has 0 spiro atoms. The third kappa shape index (κ3) is 3.17. The molecule has 0 amide bonds. The second kappa shape index (κ2) is 6.34. The molecule has 0 unspecified atom stereocenters. The molecule has 0 radical (unpaired) electrons. The van der Waals surface area contributed by atoms with Gasteiger partial charge in [-0.1, -0.05) is 12.1 Å². The predicted octanol–water partition coefficient (Wildman–Crippen LogP) is 3.43. The summed E-state index contributed by atoms with van der Waals surface area (Å²) in [6.07, 6.45) is -0.601. The molecule has 0 aliphatic carbocycles. The van der Waals surface area contributed by atoms with Crippen molar-refractivity contribution < 1.29 is 23.8 Å². The van der Waals surface area contributed by atoms with Crippen molar-refractivity contribution in [2.24, 2.45) is 5.73 Å². The number of aromatic hydroxyl groups is 1. The molecule has 0 saturated heterocycles. The SMILES string of the molecule is Cc1cc(-c2c(C)cccc2O)c(F)c([C@@H](N)CC(=O)O)c1F. The van der Waals surface area contributed by atoms with Crippen LogP contribution in [0.25, 0.3) is 11.1 Å². The zero-order valence-corrected chi connectivity index (χ0v) is 12.7. The molecule has 2 aromatic carbocycles. The summed E-state index contributed by atoms with van der Waals surface area (Å²) in [5.74, 6) is -3.22. The lowest BCUT2D eigenvalue weighted by molar-refractivity contribution is -0.137. The topological polar surface area (TPSA) is 83.5 Å². The van der Waals surface area contributed by atoms with Gasteiger partial charge in [-0.15, -0.1) is 0 Å². The van der Waals surface area contributed by atoms with Crippen molar-refractivity contribution in [3.63, 3.8) is 0 Å². The van der Waals surface area contributed by atoms with Gasteiger partial charge in [0, 0.05) is 22.7 Å². The molecule has 6 heteroatoms. The number of hydrogen-bond acceptors (Lipinski definition) is 3. The maximum Gasteiger partial charge on any atom is 0.305 e. The van der Waals surface area contributed by atoms with Crippen molar-refractivity contribution >= 4 is 5.97 Å². The molecule has 0 fully saturated rings. The first kappa shape index (κ1) is 16.9. The maximum atomic E-state index is 14.8. The normalized spacial score (nSPS) is 12.2. The Morgan fingerprint density at radius 3 is 2.43 bits per heavy atom. The van der Waals surface area contributed by atoms with E-state index in [1.807, 2.05) is 0 Å². The molecule has 2 aromatic rings. The lowest BCUT2D eigenvalue weighted by Gasteiger charge is -2.18. The highest BCUT2D eigenvalue weighted by Gasteiger charge is 2.25. The van der Waals surface area contributed by atoms with E-state index in [2.05, 4.69) is 0 Å². The number of carboxylic acid groups (broad SMARTS) is 1. The number of hydrogen-bond donors (Lipinski definition) is 3. The van der Waals surface area contributed by atoms with Crippen LogP contribution in [0.1, 0.15) is 29.2 Å². The number of phenols is 1. The van der Waals surface area contributed by atoms with Gasteiger partial charge in [-0.3, -0.25) is 4.79 Å². The van der Waals surface area contributed by atoms with Crippen LogP contribution in [0.4, 0.5) is 8.78 Å². The number of benzene rings is 2. The summed E-state index contributed by atoms with van der Waals surface area (Å²) in [4.78, 5) is 10.8. The number of aliphatic carboxylic acids is 1. The summed E-state index contributed by atoms with van der Waals surface area (Å²) in [6.45, 7) is 3.12. The summed E-state index contributed by atoms with van der Waals surface area (Å²) in [5, 5.41) is 18.8. The highest BCUT2D eigenvalue weighted by atomic mass is 19.1. The van der Waals surface area contributed by atoms with Crippen LogP contribution in [-0.4, -0.2) is 16.2 Å². The van der Waals surface area contributed by atoms with Crippen molar-refractivity contribution in [1.29, 1.82) is 0 Å². The molecular formula is C17H17F2NO3. The van der Waals surface area contributed by atoms with Crippen LogP contribution in [-0.2, 0) is 4.79 Å². The Bertz CT molecular complexity index is 755. The minimum absolute atomic E-state index is 0.00432. The largest absolute Gasteiger partial charge is 0.507 e. The third-order valence-electron chi connectivity index (χ3n) is 3.70. The average Bonchev–Trinajstić information content (AvgIpc) is 2.43. The number of aryl methyl sites for hydroxylation is 2. The molecule has 122 valence electrons. The number of carbonyl (C=O) groups is 1. The van der Waals surface area contributed by atoms with E-state index < -0.39 is 35.6 Å². The zero-order valence-electron chi connectivity index (χ0n) is 12.7. The summed E-state index contributed by atoms with van der Waals surface area (Å²) in [6, 6.07) is 4.65. The molecule has 0 heterocycles. The Morgan fingerprint density at radius 1 is 1.22 bits per heavy atom. The van der Waals surface area contributed by atoms with Crippen LogP contribution in [0.5, 0.6) is 5.75 Å². The van der Waals surface area contributed by atoms with E-state index in [1.165, 1.54) is 19.1 Å². The van der Waals surface area contributed by atoms with E-state index in [1.54, 1.807) is 19.1 Å². The van der Waals surface area contributed by atoms with Crippen LogP contribution in [0.2, 0.25) is 0 Å². The van der Waals surface area contributed by atoms with Crippen LogP contribution < -0.4 is 5.73 Å². The van der Waals surface area contributed by atoms with E-state index in [0.29, 0.717) is 5.56 Å². The van der Waals surface area contributed by atoms with Gasteiger partial charge >= 0.3 is 5.97 Å². The van der Waals surface area contributed by atoms with Crippen molar-refractivity contribution in [2.45, 2.75) is 26.3 Å². The molecule has 4 nitrogen and oxygen atoms in total. The molecule has 23 heavy (non-hydrogen) atoms. The summed E-state index contributed by atoms with van der Waals surface area (Å²) in [7, 11) is 0. The molecule has 0 aliphatic rings. The van der Waals surface area contributed by atoms with E-state index in [4.69, 9.17) is 10.8 Å². The van der Waals surface area contributed by atoms with Gasteiger partial charge in [0.2, 0.25) is 0 Å². The van der Waals surface area contributed by atoms with E-state index in [0.717, 1.165) is 0 Å². The molecule has 2 rings (SSSR count). The minimum Gasteiger partial charge on any atom is -0.507 e. The highest BCUT2D eigenvalue weighted by Crippen LogP contribution is 2.38. The third-order valence-corrected chi connectivity index (χ3v) is 3.70. The molecule has 0 aromatic heterocycles. The van der Waals surface area contributed by atoms with E-state index in [-0.39, 0.29) is 22.4 Å². The second-order valence-electron chi connectivity index (χ2n) is 5.46. The van der Waals surface area contributed by atoms with Gasteiger partial charge in [0.1, 0.15) is 17.4 Å². The number of carboxylic acids is 1. The average molecular weight is 321 g/mol. The minimum atomic E-state index is -1.32. The fourth-order valence-electron chi connectivity index (χ4n) is 2.60. The molecule has 0 saturated carbocycles.